The average Bonchev–Trinajstić information content (AvgIpc) is 2.68. The SMILES string of the molecule is N#Cc1ccc2nc(NC3CCOC(c4ccccc4)C3)ccc2c1. The zero-order valence-corrected chi connectivity index (χ0v) is 13.9. The molecule has 1 aliphatic heterocycles. The Morgan fingerprint density at radius 1 is 1.08 bits per heavy atom. The lowest BCUT2D eigenvalue weighted by molar-refractivity contribution is 0.00975. The summed E-state index contributed by atoms with van der Waals surface area (Å²) >= 11 is 0. The first-order chi connectivity index (χ1) is 12.3. The number of hydrogen-bond acceptors (Lipinski definition) is 4. The highest BCUT2D eigenvalue weighted by molar-refractivity contribution is 5.81. The van der Waals surface area contributed by atoms with Crippen molar-refractivity contribution in [3.8, 4) is 6.07 Å². The molecule has 124 valence electrons. The molecule has 0 aliphatic carbocycles. The number of nitrogens with one attached hydrogen (secondary N) is 1. The maximum Gasteiger partial charge on any atom is 0.126 e. The fourth-order valence-electron chi connectivity index (χ4n) is 3.31. The highest BCUT2D eigenvalue weighted by atomic mass is 16.5. The standard InChI is InChI=1S/C21H19N3O/c22-14-15-6-8-19-17(12-15)7-9-21(24-19)23-18-10-11-25-20(13-18)16-4-2-1-3-5-16/h1-9,12,18,20H,10-11,13H2,(H,23,24). The van der Waals surface area contributed by atoms with Crippen LogP contribution in [0, 0.1) is 11.3 Å². The maximum atomic E-state index is 8.99. The molecule has 3 aromatic rings. The molecule has 2 unspecified atom stereocenters. The van der Waals surface area contributed by atoms with E-state index in [2.05, 4.69) is 40.6 Å². The van der Waals surface area contributed by atoms with Crippen molar-refractivity contribution in [1.82, 2.24) is 4.98 Å². The normalized spacial score (nSPS) is 20.1. The van der Waals surface area contributed by atoms with Gasteiger partial charge in [0.25, 0.3) is 0 Å². The van der Waals surface area contributed by atoms with Crippen molar-refractivity contribution in [2.75, 3.05) is 11.9 Å². The minimum atomic E-state index is 0.131. The smallest absolute Gasteiger partial charge is 0.126 e. The molecule has 2 atom stereocenters. The number of ether oxygens (including phenoxy) is 1. The second kappa shape index (κ2) is 6.92. The molecule has 1 saturated heterocycles. The van der Waals surface area contributed by atoms with Crippen molar-refractivity contribution in [2.24, 2.45) is 0 Å². The molecule has 4 nitrogen and oxygen atoms in total. The van der Waals surface area contributed by atoms with Gasteiger partial charge in [0.05, 0.1) is 23.3 Å². The molecule has 0 amide bonds. The summed E-state index contributed by atoms with van der Waals surface area (Å²) in [7, 11) is 0. The Morgan fingerprint density at radius 2 is 1.96 bits per heavy atom. The summed E-state index contributed by atoms with van der Waals surface area (Å²) in [5, 5.41) is 13.5. The Kier molecular flexibility index (Phi) is 4.32. The summed E-state index contributed by atoms with van der Waals surface area (Å²) in [6.45, 7) is 0.746. The van der Waals surface area contributed by atoms with Gasteiger partial charge in [0.15, 0.2) is 0 Å². The lowest BCUT2D eigenvalue weighted by Crippen LogP contribution is -2.30. The number of anilines is 1. The number of hydrogen-bond donors (Lipinski definition) is 1. The van der Waals surface area contributed by atoms with E-state index in [1.165, 1.54) is 5.56 Å². The van der Waals surface area contributed by atoms with Crippen LogP contribution in [0.25, 0.3) is 10.9 Å². The Labute approximate surface area is 147 Å². The van der Waals surface area contributed by atoms with E-state index in [-0.39, 0.29) is 6.10 Å². The summed E-state index contributed by atoms with van der Waals surface area (Å²) in [6, 6.07) is 22.4. The molecule has 0 bridgehead atoms. The van der Waals surface area contributed by atoms with Gasteiger partial charge in [0.1, 0.15) is 5.82 Å². The summed E-state index contributed by atoms with van der Waals surface area (Å²) in [5.74, 6) is 0.871. The van der Waals surface area contributed by atoms with E-state index in [1.54, 1.807) is 6.07 Å². The van der Waals surface area contributed by atoms with Crippen molar-refractivity contribution >= 4 is 16.7 Å². The van der Waals surface area contributed by atoms with Crippen LogP contribution in [0.1, 0.15) is 30.1 Å². The van der Waals surface area contributed by atoms with E-state index in [1.807, 2.05) is 30.3 Å². The van der Waals surface area contributed by atoms with Gasteiger partial charge in [-0.3, -0.25) is 0 Å². The first-order valence-electron chi connectivity index (χ1n) is 8.56. The van der Waals surface area contributed by atoms with Crippen molar-refractivity contribution in [2.45, 2.75) is 25.0 Å². The van der Waals surface area contributed by atoms with Crippen LogP contribution in [-0.4, -0.2) is 17.6 Å². The van der Waals surface area contributed by atoms with E-state index in [0.717, 1.165) is 36.2 Å². The van der Waals surface area contributed by atoms with Crippen molar-refractivity contribution in [1.29, 1.82) is 5.26 Å². The molecule has 0 saturated carbocycles. The van der Waals surface area contributed by atoms with Gasteiger partial charge in [-0.2, -0.15) is 5.26 Å². The van der Waals surface area contributed by atoms with E-state index in [9.17, 15) is 0 Å². The second-order valence-corrected chi connectivity index (χ2v) is 6.35. The summed E-state index contributed by atoms with van der Waals surface area (Å²) in [5.41, 5.74) is 2.78. The van der Waals surface area contributed by atoms with Gasteiger partial charge in [-0.25, -0.2) is 4.98 Å². The molecule has 1 aliphatic rings. The minimum absolute atomic E-state index is 0.131. The summed E-state index contributed by atoms with van der Waals surface area (Å²) < 4.78 is 5.94. The third-order valence-corrected chi connectivity index (χ3v) is 4.63. The highest BCUT2D eigenvalue weighted by Gasteiger charge is 2.24. The molecule has 25 heavy (non-hydrogen) atoms. The van der Waals surface area contributed by atoms with Gasteiger partial charge in [-0.15, -0.1) is 0 Å². The predicted octanol–water partition coefficient (Wildman–Crippen LogP) is 4.44. The number of nitrogens with zero attached hydrogens (tertiary/aromatic N) is 2. The molecular weight excluding hydrogens is 310 g/mol. The molecule has 4 rings (SSSR count). The number of benzene rings is 2. The fourth-order valence-corrected chi connectivity index (χ4v) is 3.31. The zero-order chi connectivity index (χ0) is 17.1. The quantitative estimate of drug-likeness (QED) is 0.772. The van der Waals surface area contributed by atoms with Gasteiger partial charge in [-0.1, -0.05) is 30.3 Å². The molecule has 2 heterocycles. The first kappa shape index (κ1) is 15.6. The number of aromatic nitrogens is 1. The van der Waals surface area contributed by atoms with E-state index in [0.29, 0.717) is 11.6 Å². The average molecular weight is 329 g/mol. The van der Waals surface area contributed by atoms with E-state index in [4.69, 9.17) is 10.00 Å². The number of fused-ring (bicyclic) bond motifs is 1. The van der Waals surface area contributed by atoms with Gasteiger partial charge in [0.2, 0.25) is 0 Å². The van der Waals surface area contributed by atoms with Crippen molar-refractivity contribution in [3.05, 3.63) is 71.8 Å². The lowest BCUT2D eigenvalue weighted by atomic mass is 9.97. The molecule has 2 aromatic carbocycles. The van der Waals surface area contributed by atoms with Crippen molar-refractivity contribution < 1.29 is 4.74 Å². The Morgan fingerprint density at radius 3 is 2.80 bits per heavy atom. The largest absolute Gasteiger partial charge is 0.373 e. The molecule has 1 N–H and O–H groups in total. The number of rotatable bonds is 3. The minimum Gasteiger partial charge on any atom is -0.373 e. The van der Waals surface area contributed by atoms with Crippen molar-refractivity contribution in [3.63, 3.8) is 0 Å². The number of pyridine rings is 1. The fraction of sp³-hybridized carbons (Fsp3) is 0.238. The van der Waals surface area contributed by atoms with Gasteiger partial charge in [0, 0.05) is 18.0 Å². The third-order valence-electron chi connectivity index (χ3n) is 4.63. The Balaban J connectivity index is 1.50. The van der Waals surface area contributed by atoms with E-state index < -0.39 is 0 Å². The van der Waals surface area contributed by atoms with Crippen LogP contribution in [0.15, 0.2) is 60.7 Å². The van der Waals surface area contributed by atoms with E-state index >= 15 is 0 Å². The van der Waals surface area contributed by atoms with Gasteiger partial charge >= 0.3 is 0 Å². The summed E-state index contributed by atoms with van der Waals surface area (Å²) in [4.78, 5) is 4.68. The molecule has 0 radical (unpaired) electrons. The van der Waals surface area contributed by atoms with Crippen LogP contribution in [0.4, 0.5) is 5.82 Å². The lowest BCUT2D eigenvalue weighted by Gasteiger charge is -2.30. The molecular formula is C21H19N3O. The molecule has 1 fully saturated rings. The first-order valence-corrected chi connectivity index (χ1v) is 8.56. The predicted molar refractivity (Wildman–Crippen MR) is 98.2 cm³/mol. The second-order valence-electron chi connectivity index (χ2n) is 6.35. The zero-order valence-electron chi connectivity index (χ0n) is 13.9. The Hall–Kier alpha value is -2.90. The van der Waals surface area contributed by atoms with Crippen LogP contribution in [0.5, 0.6) is 0 Å². The third kappa shape index (κ3) is 3.47. The molecule has 0 spiro atoms. The molecule has 4 heteroatoms. The topological polar surface area (TPSA) is 57.9 Å². The van der Waals surface area contributed by atoms with Gasteiger partial charge < -0.3 is 10.1 Å². The number of nitriles is 1. The maximum absolute atomic E-state index is 8.99. The molecule has 1 aromatic heterocycles. The monoisotopic (exact) mass is 329 g/mol. The van der Waals surface area contributed by atoms with Crippen LogP contribution >= 0.6 is 0 Å². The highest BCUT2D eigenvalue weighted by Crippen LogP contribution is 2.29. The Bertz CT molecular complexity index is 917. The van der Waals surface area contributed by atoms with Crippen LogP contribution in [0.3, 0.4) is 0 Å². The summed E-state index contributed by atoms with van der Waals surface area (Å²) in [6.07, 6.45) is 2.03. The van der Waals surface area contributed by atoms with Crippen LogP contribution in [0.2, 0.25) is 0 Å². The van der Waals surface area contributed by atoms with Crippen LogP contribution in [-0.2, 0) is 4.74 Å². The van der Waals surface area contributed by atoms with Crippen LogP contribution < -0.4 is 5.32 Å². The van der Waals surface area contributed by atoms with Gasteiger partial charge in [-0.05, 0) is 48.7 Å².